The van der Waals surface area contributed by atoms with Gasteiger partial charge >= 0.3 is 0 Å². The molecular formula is C20H24N4O3S. The van der Waals surface area contributed by atoms with Crippen molar-refractivity contribution in [2.75, 3.05) is 20.0 Å². The van der Waals surface area contributed by atoms with E-state index in [-0.39, 0.29) is 11.9 Å². The van der Waals surface area contributed by atoms with Crippen LogP contribution < -0.4 is 14.8 Å². The molecule has 0 bridgehead atoms. The van der Waals surface area contributed by atoms with E-state index in [0.29, 0.717) is 17.3 Å². The Balaban J connectivity index is 1.97. The smallest absolute Gasteiger partial charge is 0.230 e. The Kier molecular flexibility index (Phi) is 6.08. The summed E-state index contributed by atoms with van der Waals surface area (Å²) in [6.07, 6.45) is 1.78. The maximum Gasteiger partial charge on any atom is 0.230 e. The highest BCUT2D eigenvalue weighted by molar-refractivity contribution is 7.99. The van der Waals surface area contributed by atoms with Gasteiger partial charge in [0.2, 0.25) is 5.91 Å². The van der Waals surface area contributed by atoms with Crippen molar-refractivity contribution in [3.8, 4) is 22.6 Å². The molecule has 0 saturated heterocycles. The number of benzene rings is 1. The number of thioether (sulfide) groups is 1. The third-order valence-corrected chi connectivity index (χ3v) is 5.06. The van der Waals surface area contributed by atoms with Gasteiger partial charge < -0.3 is 14.8 Å². The monoisotopic (exact) mass is 400 g/mol. The SMILES string of the molecule is COc1ccc(-c2cnn3c(SCC(=O)NC(C)C)cc(C)nc23)cc1OC. The first kappa shape index (κ1) is 20.0. The molecule has 2 heterocycles. The van der Waals surface area contributed by atoms with E-state index in [1.54, 1.807) is 24.9 Å². The van der Waals surface area contributed by atoms with Gasteiger partial charge in [-0.1, -0.05) is 17.8 Å². The third kappa shape index (κ3) is 4.22. The van der Waals surface area contributed by atoms with Crippen molar-refractivity contribution < 1.29 is 14.3 Å². The summed E-state index contributed by atoms with van der Waals surface area (Å²) in [5, 5.41) is 8.27. The predicted octanol–water partition coefficient (Wildman–Crippen LogP) is 3.34. The topological polar surface area (TPSA) is 77.8 Å². The van der Waals surface area contributed by atoms with Gasteiger partial charge in [0, 0.05) is 17.3 Å². The molecule has 0 aliphatic carbocycles. The van der Waals surface area contributed by atoms with Gasteiger partial charge in [0.05, 0.1) is 26.2 Å². The standard InChI is InChI=1S/C20H24N4O3S/c1-12(2)22-18(25)11-28-19-8-13(3)23-20-15(10-21-24(19)20)14-6-7-16(26-4)17(9-14)27-5/h6-10,12H,11H2,1-5H3,(H,22,25). The van der Waals surface area contributed by atoms with Crippen LogP contribution in [0.4, 0.5) is 0 Å². The molecule has 0 unspecified atom stereocenters. The van der Waals surface area contributed by atoms with Gasteiger partial charge in [0.15, 0.2) is 17.1 Å². The van der Waals surface area contributed by atoms with Crippen molar-refractivity contribution in [1.82, 2.24) is 19.9 Å². The first-order chi connectivity index (χ1) is 13.4. The summed E-state index contributed by atoms with van der Waals surface area (Å²) in [5.74, 6) is 1.63. The molecule has 0 radical (unpaired) electrons. The van der Waals surface area contributed by atoms with Crippen LogP contribution in [0.25, 0.3) is 16.8 Å². The molecule has 0 aliphatic rings. The van der Waals surface area contributed by atoms with Gasteiger partial charge in [-0.15, -0.1) is 0 Å². The number of carbonyl (C=O) groups is 1. The Morgan fingerprint density at radius 3 is 2.64 bits per heavy atom. The molecule has 0 spiro atoms. The lowest BCUT2D eigenvalue weighted by atomic mass is 10.1. The van der Waals surface area contributed by atoms with Gasteiger partial charge in [-0.3, -0.25) is 4.79 Å². The number of hydrogen-bond acceptors (Lipinski definition) is 6. The van der Waals surface area contributed by atoms with Crippen LogP contribution in [-0.4, -0.2) is 46.5 Å². The van der Waals surface area contributed by atoms with E-state index in [1.807, 2.05) is 45.0 Å². The fourth-order valence-electron chi connectivity index (χ4n) is 2.86. The molecule has 148 valence electrons. The van der Waals surface area contributed by atoms with Gasteiger partial charge in [0.1, 0.15) is 5.03 Å². The summed E-state index contributed by atoms with van der Waals surface area (Å²) < 4.78 is 12.5. The normalized spacial score (nSPS) is 11.1. The molecule has 2 aromatic heterocycles. The number of nitrogens with zero attached hydrogens (tertiary/aromatic N) is 3. The molecule has 8 heteroatoms. The minimum Gasteiger partial charge on any atom is -0.493 e. The Morgan fingerprint density at radius 2 is 1.96 bits per heavy atom. The molecule has 1 aromatic carbocycles. The van der Waals surface area contributed by atoms with E-state index in [9.17, 15) is 4.79 Å². The van der Waals surface area contributed by atoms with Crippen molar-refractivity contribution in [3.05, 3.63) is 36.2 Å². The summed E-state index contributed by atoms with van der Waals surface area (Å²) in [7, 11) is 3.22. The molecule has 3 aromatic rings. The zero-order valence-electron chi connectivity index (χ0n) is 16.6. The number of nitrogens with one attached hydrogen (secondary N) is 1. The van der Waals surface area contributed by atoms with Gasteiger partial charge in [0.25, 0.3) is 0 Å². The summed E-state index contributed by atoms with van der Waals surface area (Å²) >= 11 is 1.44. The first-order valence-electron chi connectivity index (χ1n) is 8.93. The summed E-state index contributed by atoms with van der Waals surface area (Å²) in [6.45, 7) is 5.82. The van der Waals surface area contributed by atoms with Crippen molar-refractivity contribution in [3.63, 3.8) is 0 Å². The van der Waals surface area contributed by atoms with E-state index >= 15 is 0 Å². The zero-order chi connectivity index (χ0) is 20.3. The highest BCUT2D eigenvalue weighted by Gasteiger charge is 2.15. The Hall–Kier alpha value is -2.74. The third-order valence-electron chi connectivity index (χ3n) is 4.06. The van der Waals surface area contributed by atoms with Crippen LogP contribution in [0, 0.1) is 6.92 Å². The van der Waals surface area contributed by atoms with E-state index in [2.05, 4.69) is 15.4 Å². The predicted molar refractivity (Wildman–Crippen MR) is 110 cm³/mol. The molecule has 0 fully saturated rings. The number of hydrogen-bond donors (Lipinski definition) is 1. The van der Waals surface area contributed by atoms with Gasteiger partial charge in [-0.2, -0.15) is 5.10 Å². The fourth-order valence-corrected chi connectivity index (χ4v) is 3.74. The highest BCUT2D eigenvalue weighted by Crippen LogP contribution is 2.34. The van der Waals surface area contributed by atoms with Crippen LogP contribution in [0.1, 0.15) is 19.5 Å². The Bertz CT molecular complexity index is 1000. The van der Waals surface area contributed by atoms with Crippen LogP contribution in [-0.2, 0) is 4.79 Å². The van der Waals surface area contributed by atoms with Gasteiger partial charge in [-0.05, 0) is 44.5 Å². The maximum atomic E-state index is 12.0. The second-order valence-corrected chi connectivity index (χ2v) is 7.61. The lowest BCUT2D eigenvalue weighted by Gasteiger charge is -2.10. The first-order valence-corrected chi connectivity index (χ1v) is 9.91. The van der Waals surface area contributed by atoms with E-state index < -0.39 is 0 Å². The second kappa shape index (κ2) is 8.52. The Morgan fingerprint density at radius 1 is 1.21 bits per heavy atom. The highest BCUT2D eigenvalue weighted by atomic mass is 32.2. The van der Waals surface area contributed by atoms with E-state index in [1.165, 1.54) is 11.8 Å². The van der Waals surface area contributed by atoms with Crippen LogP contribution in [0.2, 0.25) is 0 Å². The minimum atomic E-state index is -0.00474. The largest absolute Gasteiger partial charge is 0.493 e. The molecule has 1 amide bonds. The molecule has 3 rings (SSSR count). The van der Waals surface area contributed by atoms with Crippen LogP contribution in [0.5, 0.6) is 11.5 Å². The second-order valence-electron chi connectivity index (χ2n) is 6.61. The number of carbonyl (C=O) groups excluding carboxylic acids is 1. The Labute approximate surface area is 168 Å². The average molecular weight is 401 g/mol. The quantitative estimate of drug-likeness (QED) is 0.484. The number of aryl methyl sites for hydroxylation is 1. The number of amides is 1. The van der Waals surface area contributed by atoms with Crippen LogP contribution in [0.3, 0.4) is 0 Å². The maximum absolute atomic E-state index is 12.0. The summed E-state index contributed by atoms with van der Waals surface area (Å²) in [6, 6.07) is 7.77. The molecule has 0 aliphatic heterocycles. The zero-order valence-corrected chi connectivity index (χ0v) is 17.5. The lowest BCUT2D eigenvalue weighted by molar-refractivity contribution is -0.119. The van der Waals surface area contributed by atoms with Crippen LogP contribution >= 0.6 is 11.8 Å². The minimum absolute atomic E-state index is 0.00474. The lowest BCUT2D eigenvalue weighted by Crippen LogP contribution is -2.31. The average Bonchev–Trinajstić information content (AvgIpc) is 3.08. The number of methoxy groups -OCH3 is 2. The molecule has 1 N–H and O–H groups in total. The van der Waals surface area contributed by atoms with Crippen molar-refractivity contribution in [2.45, 2.75) is 31.8 Å². The van der Waals surface area contributed by atoms with Crippen molar-refractivity contribution in [2.24, 2.45) is 0 Å². The fraction of sp³-hybridized carbons (Fsp3) is 0.350. The summed E-state index contributed by atoms with van der Waals surface area (Å²) in [5.41, 5.74) is 3.41. The van der Waals surface area contributed by atoms with Crippen molar-refractivity contribution >= 4 is 23.3 Å². The van der Waals surface area contributed by atoms with Gasteiger partial charge in [-0.25, -0.2) is 9.50 Å². The number of aromatic nitrogens is 3. The van der Waals surface area contributed by atoms with Crippen LogP contribution in [0.15, 0.2) is 35.5 Å². The van der Waals surface area contributed by atoms with E-state index in [4.69, 9.17) is 9.47 Å². The summed E-state index contributed by atoms with van der Waals surface area (Å²) in [4.78, 5) is 16.7. The molecule has 0 saturated carbocycles. The van der Waals surface area contributed by atoms with Crippen molar-refractivity contribution in [1.29, 1.82) is 0 Å². The number of rotatable bonds is 7. The number of ether oxygens (including phenoxy) is 2. The van der Waals surface area contributed by atoms with E-state index in [0.717, 1.165) is 27.5 Å². The molecule has 0 atom stereocenters. The molecule has 7 nitrogen and oxygen atoms in total. The molecule has 28 heavy (non-hydrogen) atoms. The number of fused-ring (bicyclic) bond motifs is 1. The molecular weight excluding hydrogens is 376 g/mol.